The molecule has 1 atom stereocenters. The highest BCUT2D eigenvalue weighted by molar-refractivity contribution is 6.30. The Balaban J connectivity index is 1.88. The number of aromatic nitrogens is 2. The van der Waals surface area contributed by atoms with Crippen molar-refractivity contribution in [3.8, 4) is 0 Å². The third-order valence-corrected chi connectivity index (χ3v) is 3.74. The fourth-order valence-electron chi connectivity index (χ4n) is 2.14. The van der Waals surface area contributed by atoms with Crippen LogP contribution in [0.1, 0.15) is 13.8 Å². The predicted octanol–water partition coefficient (Wildman–Crippen LogP) is 2.93. The molecule has 0 aliphatic carbocycles. The zero-order valence-electron chi connectivity index (χ0n) is 13.1. The summed E-state index contributed by atoms with van der Waals surface area (Å²) in [6.07, 6.45) is 5.33. The molecular weight excluding hydrogens is 319 g/mol. The number of anilines is 1. The van der Waals surface area contributed by atoms with Crippen molar-refractivity contribution in [2.75, 3.05) is 11.9 Å². The van der Waals surface area contributed by atoms with Gasteiger partial charge in [-0.15, -0.1) is 0 Å². The highest BCUT2D eigenvalue weighted by Gasteiger charge is 2.15. The molecule has 0 saturated heterocycles. The van der Waals surface area contributed by atoms with Gasteiger partial charge >= 0.3 is 0 Å². The Morgan fingerprint density at radius 1 is 1.43 bits per heavy atom. The molecule has 0 radical (unpaired) electrons. The third-order valence-electron chi connectivity index (χ3n) is 3.50. The summed E-state index contributed by atoms with van der Waals surface area (Å²) in [5.41, 5.74) is 0.122. The monoisotopic (exact) mass is 338 g/mol. The number of imidazole rings is 1. The Morgan fingerprint density at radius 3 is 2.83 bits per heavy atom. The molecule has 5 nitrogen and oxygen atoms in total. The van der Waals surface area contributed by atoms with Crippen molar-refractivity contribution >= 4 is 23.2 Å². The van der Waals surface area contributed by atoms with E-state index in [-0.39, 0.29) is 24.2 Å². The Kier molecular flexibility index (Phi) is 6.12. The normalized spacial score (nSPS) is 12.4. The smallest absolute Gasteiger partial charge is 0.238 e. The first kappa shape index (κ1) is 17.4. The van der Waals surface area contributed by atoms with E-state index in [4.69, 9.17) is 11.6 Å². The number of halogens is 2. The quantitative estimate of drug-likeness (QED) is 0.816. The first-order chi connectivity index (χ1) is 11.0. The second-order valence-electron chi connectivity index (χ2n) is 5.66. The van der Waals surface area contributed by atoms with Crippen LogP contribution in [0.3, 0.4) is 0 Å². The van der Waals surface area contributed by atoms with Gasteiger partial charge in [-0.2, -0.15) is 0 Å². The van der Waals surface area contributed by atoms with Crippen LogP contribution in [0.4, 0.5) is 10.1 Å². The van der Waals surface area contributed by atoms with Gasteiger partial charge < -0.3 is 15.2 Å². The molecular formula is C16H20ClFN4O. The van der Waals surface area contributed by atoms with E-state index in [1.165, 1.54) is 18.2 Å². The zero-order valence-corrected chi connectivity index (χ0v) is 13.8. The van der Waals surface area contributed by atoms with Gasteiger partial charge in [0.05, 0.1) is 18.6 Å². The molecule has 2 N–H and O–H groups in total. The minimum atomic E-state index is -0.551. The van der Waals surface area contributed by atoms with Crippen LogP contribution in [0.5, 0.6) is 0 Å². The second kappa shape index (κ2) is 8.08. The van der Waals surface area contributed by atoms with Gasteiger partial charge in [0.25, 0.3) is 0 Å². The van der Waals surface area contributed by atoms with Crippen LogP contribution in [0.15, 0.2) is 36.9 Å². The molecule has 2 aromatic rings. The standard InChI is InChI=1S/C16H20ClFN4O/c1-11(2)15(9-22-6-5-19-10-22)20-8-16(23)21-14-4-3-12(17)7-13(14)18/h3-7,10-11,15,20H,8-9H2,1-2H3,(H,21,23)/t15-/m1/s1. The van der Waals surface area contributed by atoms with Crippen molar-refractivity contribution in [1.82, 2.24) is 14.9 Å². The summed E-state index contributed by atoms with van der Waals surface area (Å²) >= 11 is 5.69. The van der Waals surface area contributed by atoms with Crippen molar-refractivity contribution in [1.29, 1.82) is 0 Å². The molecule has 23 heavy (non-hydrogen) atoms. The average molecular weight is 339 g/mol. The Labute approximate surface area is 139 Å². The maximum atomic E-state index is 13.7. The van der Waals surface area contributed by atoms with E-state index in [2.05, 4.69) is 29.5 Å². The highest BCUT2D eigenvalue weighted by Crippen LogP contribution is 2.18. The lowest BCUT2D eigenvalue weighted by molar-refractivity contribution is -0.115. The van der Waals surface area contributed by atoms with Crippen LogP contribution in [0.2, 0.25) is 5.02 Å². The summed E-state index contributed by atoms with van der Waals surface area (Å²) in [7, 11) is 0. The average Bonchev–Trinajstić information content (AvgIpc) is 2.99. The predicted molar refractivity (Wildman–Crippen MR) is 88.9 cm³/mol. The number of carbonyl (C=O) groups is 1. The summed E-state index contributed by atoms with van der Waals surface area (Å²) in [5.74, 6) is -0.523. The molecule has 0 spiro atoms. The van der Waals surface area contributed by atoms with Crippen LogP contribution in [-0.4, -0.2) is 28.0 Å². The Bertz CT molecular complexity index is 646. The van der Waals surface area contributed by atoms with Crippen LogP contribution in [0.25, 0.3) is 0 Å². The SMILES string of the molecule is CC(C)[C@@H](Cn1ccnc1)NCC(=O)Nc1ccc(Cl)cc1F. The van der Waals surface area contributed by atoms with E-state index in [1.807, 2.05) is 10.8 Å². The molecule has 124 valence electrons. The molecule has 2 rings (SSSR count). The lowest BCUT2D eigenvalue weighted by atomic mass is 10.0. The number of hydrogen-bond donors (Lipinski definition) is 2. The highest BCUT2D eigenvalue weighted by atomic mass is 35.5. The summed E-state index contributed by atoms with van der Waals surface area (Å²) in [5, 5.41) is 6.03. The van der Waals surface area contributed by atoms with Crippen LogP contribution in [-0.2, 0) is 11.3 Å². The van der Waals surface area contributed by atoms with Crippen molar-refractivity contribution in [2.45, 2.75) is 26.4 Å². The van der Waals surface area contributed by atoms with E-state index >= 15 is 0 Å². The van der Waals surface area contributed by atoms with E-state index in [0.29, 0.717) is 17.5 Å². The summed E-state index contributed by atoms with van der Waals surface area (Å²) in [4.78, 5) is 16.0. The lowest BCUT2D eigenvalue weighted by Crippen LogP contribution is -2.41. The van der Waals surface area contributed by atoms with E-state index in [9.17, 15) is 9.18 Å². The van der Waals surface area contributed by atoms with Gasteiger partial charge in [0.15, 0.2) is 0 Å². The van der Waals surface area contributed by atoms with E-state index < -0.39 is 5.82 Å². The number of carbonyl (C=O) groups excluding carboxylic acids is 1. The molecule has 0 saturated carbocycles. The fourth-order valence-corrected chi connectivity index (χ4v) is 2.30. The first-order valence-electron chi connectivity index (χ1n) is 7.39. The minimum absolute atomic E-state index is 0.0968. The molecule has 7 heteroatoms. The number of nitrogens with one attached hydrogen (secondary N) is 2. The fraction of sp³-hybridized carbons (Fsp3) is 0.375. The molecule has 0 aliphatic rings. The minimum Gasteiger partial charge on any atom is -0.336 e. The Morgan fingerprint density at radius 2 is 2.22 bits per heavy atom. The van der Waals surface area contributed by atoms with Gasteiger partial charge in [0.1, 0.15) is 5.82 Å². The maximum absolute atomic E-state index is 13.7. The number of rotatable bonds is 7. The van der Waals surface area contributed by atoms with Gasteiger partial charge in [-0.1, -0.05) is 25.4 Å². The topological polar surface area (TPSA) is 59.0 Å². The molecule has 1 aromatic heterocycles. The molecule has 1 amide bonds. The van der Waals surface area contributed by atoms with Gasteiger partial charge in [-0.3, -0.25) is 4.79 Å². The molecule has 0 aliphatic heterocycles. The third kappa shape index (κ3) is 5.33. The largest absolute Gasteiger partial charge is 0.336 e. The number of amides is 1. The summed E-state index contributed by atoms with van der Waals surface area (Å²) in [6.45, 7) is 4.95. The number of hydrogen-bond acceptors (Lipinski definition) is 3. The van der Waals surface area contributed by atoms with Crippen molar-refractivity contribution in [3.05, 3.63) is 47.8 Å². The zero-order chi connectivity index (χ0) is 16.8. The van der Waals surface area contributed by atoms with E-state index in [0.717, 1.165) is 0 Å². The number of benzene rings is 1. The molecule has 0 fully saturated rings. The molecule has 1 heterocycles. The molecule has 0 bridgehead atoms. The summed E-state index contributed by atoms with van der Waals surface area (Å²) < 4.78 is 15.6. The first-order valence-corrected chi connectivity index (χ1v) is 7.77. The number of nitrogens with zero attached hydrogens (tertiary/aromatic N) is 2. The maximum Gasteiger partial charge on any atom is 0.238 e. The summed E-state index contributed by atoms with van der Waals surface area (Å²) in [6, 6.07) is 4.25. The van der Waals surface area contributed by atoms with Crippen LogP contribution in [0, 0.1) is 11.7 Å². The van der Waals surface area contributed by atoms with Gasteiger partial charge in [-0.05, 0) is 24.1 Å². The van der Waals surface area contributed by atoms with Crippen LogP contribution >= 0.6 is 11.6 Å². The Hall–Kier alpha value is -1.92. The van der Waals surface area contributed by atoms with Crippen molar-refractivity contribution < 1.29 is 9.18 Å². The van der Waals surface area contributed by atoms with Crippen LogP contribution < -0.4 is 10.6 Å². The van der Waals surface area contributed by atoms with Gasteiger partial charge in [-0.25, -0.2) is 9.37 Å². The van der Waals surface area contributed by atoms with Crippen molar-refractivity contribution in [2.24, 2.45) is 5.92 Å². The van der Waals surface area contributed by atoms with Crippen molar-refractivity contribution in [3.63, 3.8) is 0 Å². The van der Waals surface area contributed by atoms with Gasteiger partial charge in [0.2, 0.25) is 5.91 Å². The molecule has 1 aromatic carbocycles. The molecule has 0 unspecified atom stereocenters. The van der Waals surface area contributed by atoms with E-state index in [1.54, 1.807) is 12.5 Å². The second-order valence-corrected chi connectivity index (χ2v) is 6.10. The van der Waals surface area contributed by atoms with Gasteiger partial charge in [0, 0.05) is 30.0 Å². The lowest BCUT2D eigenvalue weighted by Gasteiger charge is -2.22.